The maximum Gasteiger partial charge on any atom is 0.392 e. The molecule has 0 amide bonds. The minimum atomic E-state index is -4.47. The molecular weight excluding hydrogens is 196 g/mol. The first-order chi connectivity index (χ1) is 5.10. The topological polar surface area (TPSA) is 57.5 Å². The van der Waals surface area contributed by atoms with Crippen LogP contribution in [0.5, 0.6) is 0 Å². The number of rotatable bonds is 2. The van der Waals surface area contributed by atoms with Crippen molar-refractivity contribution < 1.29 is 27.5 Å². The number of halogens is 3. The highest BCUT2D eigenvalue weighted by Crippen LogP contribution is 2.39. The normalized spacial score (nSPS) is 15.0. The van der Waals surface area contributed by atoms with Gasteiger partial charge in [-0.15, -0.1) is 0 Å². The monoisotopic (exact) mass is 204 g/mol. The van der Waals surface area contributed by atoms with Gasteiger partial charge in [-0.05, 0) is 6.92 Å². The first kappa shape index (κ1) is 11.7. The smallest absolute Gasteiger partial charge is 0.321 e. The second kappa shape index (κ2) is 3.60. The molecule has 0 unspecified atom stereocenters. The van der Waals surface area contributed by atoms with Crippen LogP contribution in [0.2, 0.25) is 0 Å². The summed E-state index contributed by atoms with van der Waals surface area (Å²) in [6, 6.07) is 0. The molecule has 0 saturated heterocycles. The summed E-state index contributed by atoms with van der Waals surface area (Å²) >= 11 is 0. The van der Waals surface area contributed by atoms with Crippen molar-refractivity contribution in [1.29, 1.82) is 0 Å². The molecule has 0 aliphatic carbocycles. The van der Waals surface area contributed by atoms with Crippen molar-refractivity contribution in [1.82, 2.24) is 0 Å². The van der Waals surface area contributed by atoms with E-state index >= 15 is 0 Å². The van der Waals surface area contributed by atoms with E-state index in [1.165, 1.54) is 0 Å². The fraction of sp³-hybridized carbons (Fsp3) is 0.600. The number of allylic oxidation sites excluding steroid dienone is 1. The van der Waals surface area contributed by atoms with Crippen LogP contribution in [0.25, 0.3) is 0 Å². The van der Waals surface area contributed by atoms with Crippen LogP contribution in [0, 0.1) is 0 Å². The van der Waals surface area contributed by atoms with Crippen LogP contribution < -0.4 is 0 Å². The quantitative estimate of drug-likeness (QED) is 0.676. The fourth-order valence-corrected chi connectivity index (χ4v) is 1.31. The van der Waals surface area contributed by atoms with Crippen LogP contribution >= 0.6 is 7.60 Å². The third-order valence-electron chi connectivity index (χ3n) is 0.868. The Labute approximate surface area is 67.1 Å². The Morgan fingerprint density at radius 2 is 1.92 bits per heavy atom. The van der Waals surface area contributed by atoms with Gasteiger partial charge in [-0.25, -0.2) is 0 Å². The van der Waals surface area contributed by atoms with E-state index in [2.05, 4.69) is 0 Å². The minimum Gasteiger partial charge on any atom is -0.321 e. The summed E-state index contributed by atoms with van der Waals surface area (Å²) < 4.78 is 44.9. The van der Waals surface area contributed by atoms with E-state index in [0.29, 0.717) is 5.82 Å². The van der Waals surface area contributed by atoms with Gasteiger partial charge in [0.2, 0.25) is 0 Å². The van der Waals surface area contributed by atoms with Gasteiger partial charge in [-0.3, -0.25) is 4.57 Å². The molecule has 3 nitrogen and oxygen atoms in total. The molecular formula is C5H8F3O3P. The summed E-state index contributed by atoms with van der Waals surface area (Å²) in [6.07, 6.45) is -5.71. The van der Waals surface area contributed by atoms with Gasteiger partial charge < -0.3 is 9.79 Å². The first-order valence-electron chi connectivity index (χ1n) is 2.90. The molecule has 0 fully saturated rings. The van der Waals surface area contributed by atoms with Crippen molar-refractivity contribution >= 4 is 7.60 Å². The van der Waals surface area contributed by atoms with E-state index < -0.39 is 20.2 Å². The third-order valence-corrected chi connectivity index (χ3v) is 1.64. The Morgan fingerprint density at radius 1 is 1.50 bits per heavy atom. The van der Waals surface area contributed by atoms with Crippen LogP contribution in [0.3, 0.4) is 0 Å². The van der Waals surface area contributed by atoms with E-state index in [0.717, 1.165) is 6.92 Å². The van der Waals surface area contributed by atoms with Crippen molar-refractivity contribution in [3.05, 3.63) is 11.4 Å². The largest absolute Gasteiger partial charge is 0.392 e. The average Bonchev–Trinajstić information content (AvgIpc) is 1.49. The van der Waals surface area contributed by atoms with E-state index in [-0.39, 0.29) is 5.57 Å². The predicted molar refractivity (Wildman–Crippen MR) is 36.5 cm³/mol. The van der Waals surface area contributed by atoms with E-state index in [1.54, 1.807) is 0 Å². The molecule has 0 spiro atoms. The van der Waals surface area contributed by atoms with Gasteiger partial charge in [0.15, 0.2) is 0 Å². The Kier molecular flexibility index (Phi) is 3.50. The summed E-state index contributed by atoms with van der Waals surface area (Å²) in [5, 5.41) is 0. The fourth-order valence-electron chi connectivity index (χ4n) is 0.649. The van der Waals surface area contributed by atoms with Crippen molar-refractivity contribution in [2.45, 2.75) is 19.5 Å². The van der Waals surface area contributed by atoms with Crippen LogP contribution in [0.4, 0.5) is 13.2 Å². The summed E-state index contributed by atoms with van der Waals surface area (Å²) in [4.78, 5) is 16.5. The molecule has 2 N–H and O–H groups in total. The van der Waals surface area contributed by atoms with Crippen molar-refractivity contribution in [3.8, 4) is 0 Å². The maximum atomic E-state index is 11.6. The Balaban J connectivity index is 4.33. The average molecular weight is 204 g/mol. The predicted octanol–water partition coefficient (Wildman–Crippen LogP) is 2.02. The molecule has 0 aromatic carbocycles. The van der Waals surface area contributed by atoms with E-state index in [1.807, 2.05) is 0 Å². The summed E-state index contributed by atoms with van der Waals surface area (Å²) in [7, 11) is -4.47. The summed E-state index contributed by atoms with van der Waals surface area (Å²) in [6.45, 7) is 1.02. The molecule has 72 valence electrons. The third kappa shape index (κ3) is 7.78. The number of alkyl halides is 3. The molecule has 0 aromatic heterocycles. The van der Waals surface area contributed by atoms with Gasteiger partial charge in [-0.2, -0.15) is 13.2 Å². The van der Waals surface area contributed by atoms with Gasteiger partial charge in [-0.1, -0.05) is 5.57 Å². The highest BCUT2D eigenvalue weighted by atomic mass is 31.2. The molecule has 0 radical (unpaired) electrons. The lowest BCUT2D eigenvalue weighted by atomic mass is 10.2. The highest BCUT2D eigenvalue weighted by molar-refractivity contribution is 7.55. The van der Waals surface area contributed by atoms with Crippen molar-refractivity contribution in [2.24, 2.45) is 0 Å². The second-order valence-corrected chi connectivity index (χ2v) is 3.79. The maximum absolute atomic E-state index is 11.6. The number of hydrogen-bond donors (Lipinski definition) is 2. The van der Waals surface area contributed by atoms with Crippen molar-refractivity contribution in [2.75, 3.05) is 0 Å². The zero-order valence-corrected chi connectivity index (χ0v) is 7.06. The molecule has 7 heteroatoms. The van der Waals surface area contributed by atoms with Crippen molar-refractivity contribution in [3.63, 3.8) is 0 Å². The second-order valence-electron chi connectivity index (χ2n) is 2.36. The standard InChI is InChI=1S/C5H8F3O3P/c1-4(2-5(6,7)8)3-12(9,10)11/h3H,2H2,1H3,(H2,9,10,11). The lowest BCUT2D eigenvalue weighted by molar-refractivity contribution is -0.126. The first-order valence-corrected chi connectivity index (χ1v) is 4.59. The Morgan fingerprint density at radius 3 is 2.17 bits per heavy atom. The van der Waals surface area contributed by atoms with Crippen LogP contribution in [0.15, 0.2) is 11.4 Å². The summed E-state index contributed by atoms with van der Waals surface area (Å²) in [5.41, 5.74) is -0.379. The van der Waals surface area contributed by atoms with Crippen LogP contribution in [-0.4, -0.2) is 16.0 Å². The van der Waals surface area contributed by atoms with E-state index in [4.69, 9.17) is 9.79 Å². The van der Waals surface area contributed by atoms with Gasteiger partial charge in [0, 0.05) is 5.82 Å². The highest BCUT2D eigenvalue weighted by Gasteiger charge is 2.28. The van der Waals surface area contributed by atoms with Crippen LogP contribution in [0.1, 0.15) is 13.3 Å². The van der Waals surface area contributed by atoms with Gasteiger partial charge in [0.05, 0.1) is 6.42 Å². The molecule has 0 rings (SSSR count). The number of hydrogen-bond acceptors (Lipinski definition) is 1. The van der Waals surface area contributed by atoms with Gasteiger partial charge >= 0.3 is 13.8 Å². The molecule has 0 atom stereocenters. The Bertz CT molecular complexity index is 227. The van der Waals surface area contributed by atoms with Gasteiger partial charge in [0.25, 0.3) is 0 Å². The molecule has 0 aromatic rings. The zero-order chi connectivity index (χ0) is 9.99. The zero-order valence-electron chi connectivity index (χ0n) is 6.17. The van der Waals surface area contributed by atoms with E-state index in [9.17, 15) is 17.7 Å². The molecule has 0 aliphatic rings. The lowest BCUT2D eigenvalue weighted by Crippen LogP contribution is -2.07. The summed E-state index contributed by atoms with van der Waals surface area (Å²) in [5.74, 6) is 0.320. The molecule has 0 heterocycles. The molecule has 0 aliphatic heterocycles. The molecule has 12 heavy (non-hydrogen) atoms. The Hall–Kier alpha value is -0.320. The molecule has 0 bridgehead atoms. The van der Waals surface area contributed by atoms with Crippen LogP contribution in [-0.2, 0) is 4.57 Å². The molecule has 0 saturated carbocycles. The SMILES string of the molecule is CC(=CP(=O)(O)O)CC(F)(F)F. The lowest BCUT2D eigenvalue weighted by Gasteiger charge is -2.06. The van der Waals surface area contributed by atoms with Gasteiger partial charge in [0.1, 0.15) is 0 Å². The minimum absolute atomic E-state index is 0.320.